The number of nitrogens with one attached hydrogen (secondary N) is 1. The molecule has 0 aliphatic carbocycles. The zero-order valence-corrected chi connectivity index (χ0v) is 17.5. The third kappa shape index (κ3) is 4.58. The van der Waals surface area contributed by atoms with Gasteiger partial charge in [0.2, 0.25) is 10.0 Å². The molecule has 1 amide bonds. The van der Waals surface area contributed by atoms with Crippen molar-refractivity contribution in [3.05, 3.63) is 47.8 Å². The number of aromatic nitrogens is 1. The Hall–Kier alpha value is -2.49. The summed E-state index contributed by atoms with van der Waals surface area (Å²) in [5.41, 5.74) is 1.66. The van der Waals surface area contributed by atoms with E-state index in [4.69, 9.17) is 9.47 Å². The van der Waals surface area contributed by atoms with Crippen molar-refractivity contribution in [2.24, 2.45) is 0 Å². The summed E-state index contributed by atoms with van der Waals surface area (Å²) in [4.78, 5) is 16.0. The lowest BCUT2D eigenvalue weighted by Gasteiger charge is -2.29. The van der Waals surface area contributed by atoms with E-state index in [9.17, 15) is 13.2 Å². The van der Waals surface area contributed by atoms with Crippen LogP contribution in [0.4, 0.5) is 5.69 Å². The predicted octanol–water partition coefficient (Wildman–Crippen LogP) is 2.51. The van der Waals surface area contributed by atoms with E-state index in [-0.39, 0.29) is 24.0 Å². The van der Waals surface area contributed by atoms with Gasteiger partial charge in [-0.05, 0) is 44.0 Å². The van der Waals surface area contributed by atoms with Crippen molar-refractivity contribution in [2.45, 2.75) is 31.2 Å². The number of nitrogens with zero attached hydrogens (tertiary/aromatic N) is 2. The van der Waals surface area contributed by atoms with Gasteiger partial charge >= 0.3 is 0 Å². The number of sulfonamides is 1. The van der Waals surface area contributed by atoms with Crippen molar-refractivity contribution in [3.8, 4) is 5.75 Å². The van der Waals surface area contributed by atoms with Crippen LogP contribution in [0.5, 0.6) is 5.75 Å². The van der Waals surface area contributed by atoms with Gasteiger partial charge in [-0.25, -0.2) is 8.42 Å². The fourth-order valence-corrected chi connectivity index (χ4v) is 5.15. The third-order valence-corrected chi connectivity index (χ3v) is 6.88. The Morgan fingerprint density at radius 2 is 2.14 bits per heavy atom. The lowest BCUT2D eigenvalue weighted by molar-refractivity contribution is -0.118. The minimum absolute atomic E-state index is 0.141. The second-order valence-electron chi connectivity index (χ2n) is 6.84. The zero-order valence-electron chi connectivity index (χ0n) is 16.7. The van der Waals surface area contributed by atoms with Crippen molar-refractivity contribution in [1.29, 1.82) is 0 Å². The Morgan fingerprint density at radius 3 is 2.83 bits per heavy atom. The minimum Gasteiger partial charge on any atom is -0.482 e. The van der Waals surface area contributed by atoms with Crippen LogP contribution in [0.25, 0.3) is 0 Å². The van der Waals surface area contributed by atoms with Gasteiger partial charge in [-0.15, -0.1) is 0 Å². The molecule has 2 heterocycles. The average molecular weight is 420 g/mol. The van der Waals surface area contributed by atoms with E-state index in [1.54, 1.807) is 32.4 Å². The summed E-state index contributed by atoms with van der Waals surface area (Å²) in [5.74, 6) is 0.0774. The highest BCUT2D eigenvalue weighted by molar-refractivity contribution is 7.89. The van der Waals surface area contributed by atoms with Crippen LogP contribution >= 0.6 is 0 Å². The second-order valence-corrected chi connectivity index (χ2v) is 8.70. The number of hydrogen-bond donors (Lipinski definition) is 1. The molecule has 0 fully saturated rings. The largest absolute Gasteiger partial charge is 0.482 e. The van der Waals surface area contributed by atoms with E-state index >= 15 is 0 Å². The van der Waals surface area contributed by atoms with Crippen molar-refractivity contribution in [1.82, 2.24) is 9.29 Å². The monoisotopic (exact) mass is 419 g/mol. The fourth-order valence-electron chi connectivity index (χ4n) is 3.28. The van der Waals surface area contributed by atoms with Crippen LogP contribution in [0.3, 0.4) is 0 Å². The van der Waals surface area contributed by atoms with Gasteiger partial charge in [0.05, 0.1) is 22.3 Å². The summed E-state index contributed by atoms with van der Waals surface area (Å²) >= 11 is 0. The van der Waals surface area contributed by atoms with Crippen LogP contribution in [0.2, 0.25) is 0 Å². The molecule has 0 radical (unpaired) electrons. The highest BCUT2D eigenvalue weighted by Crippen LogP contribution is 2.36. The number of fused-ring (bicyclic) bond motifs is 1. The number of carbonyl (C=O) groups excluding carboxylic acids is 1. The standard InChI is InChI=1S/C20H25N3O5S/c1-14-11-17-18(28-13-20(24)22-17)12-19(14)29(25,26)23(9-6-10-27-3)15(2)16-7-4-5-8-21-16/h4-5,7-8,11-12,15H,6,9-10,13H2,1-3H3,(H,22,24). The van der Waals surface area contributed by atoms with Gasteiger partial charge in [0, 0.05) is 32.5 Å². The Bertz CT molecular complexity index is 979. The maximum Gasteiger partial charge on any atom is 0.262 e. The first-order valence-electron chi connectivity index (χ1n) is 9.33. The maximum absolute atomic E-state index is 13.6. The molecule has 0 saturated carbocycles. The van der Waals surface area contributed by atoms with Crippen molar-refractivity contribution in [3.63, 3.8) is 0 Å². The van der Waals surface area contributed by atoms with Crippen molar-refractivity contribution < 1.29 is 22.7 Å². The van der Waals surface area contributed by atoms with Gasteiger partial charge in [0.15, 0.2) is 6.61 Å². The molecule has 2 aromatic rings. The van der Waals surface area contributed by atoms with Gasteiger partial charge in [0.25, 0.3) is 5.91 Å². The molecule has 1 aliphatic heterocycles. The first-order chi connectivity index (χ1) is 13.8. The Labute approximate surface area is 170 Å². The molecule has 1 aliphatic rings. The maximum atomic E-state index is 13.6. The van der Waals surface area contributed by atoms with E-state index in [1.165, 1.54) is 10.4 Å². The zero-order chi connectivity index (χ0) is 21.0. The minimum atomic E-state index is -3.86. The van der Waals surface area contributed by atoms with Gasteiger partial charge in [0.1, 0.15) is 5.75 Å². The Kier molecular flexibility index (Phi) is 6.51. The molecule has 1 aromatic carbocycles. The number of rotatable bonds is 8. The molecule has 0 spiro atoms. The average Bonchev–Trinajstić information content (AvgIpc) is 2.70. The number of anilines is 1. The Balaban J connectivity index is 2.01. The van der Waals surface area contributed by atoms with Crippen LogP contribution in [0.1, 0.15) is 30.6 Å². The number of methoxy groups -OCH3 is 1. The van der Waals surface area contributed by atoms with Gasteiger partial charge in [-0.3, -0.25) is 9.78 Å². The van der Waals surface area contributed by atoms with E-state index in [0.717, 1.165) is 0 Å². The Morgan fingerprint density at radius 1 is 1.34 bits per heavy atom. The van der Waals surface area contributed by atoms with Crippen molar-refractivity contribution >= 4 is 21.6 Å². The molecule has 1 N–H and O–H groups in total. The number of pyridine rings is 1. The highest BCUT2D eigenvalue weighted by Gasteiger charge is 2.33. The molecule has 8 nitrogen and oxygen atoms in total. The van der Waals surface area contributed by atoms with Gasteiger partial charge in [-0.1, -0.05) is 6.07 Å². The number of ether oxygens (including phenoxy) is 2. The lowest BCUT2D eigenvalue weighted by atomic mass is 10.2. The van der Waals surface area contributed by atoms with Crippen LogP contribution in [-0.4, -0.2) is 50.5 Å². The van der Waals surface area contributed by atoms with E-state index < -0.39 is 16.1 Å². The first-order valence-corrected chi connectivity index (χ1v) is 10.8. The SMILES string of the molecule is COCCCN(C(C)c1ccccn1)S(=O)(=O)c1cc2c(cc1C)NC(=O)CO2. The highest BCUT2D eigenvalue weighted by atomic mass is 32.2. The first kappa shape index (κ1) is 21.2. The van der Waals surface area contributed by atoms with Crippen LogP contribution in [-0.2, 0) is 19.6 Å². The molecule has 3 rings (SSSR count). The number of aryl methyl sites for hydroxylation is 1. The van der Waals surface area contributed by atoms with Crippen LogP contribution in [0.15, 0.2) is 41.4 Å². The van der Waals surface area contributed by atoms with E-state index in [2.05, 4.69) is 10.3 Å². The van der Waals surface area contributed by atoms with Crippen LogP contribution in [0, 0.1) is 6.92 Å². The molecule has 1 unspecified atom stereocenters. The quantitative estimate of drug-likeness (QED) is 0.660. The number of amides is 1. The topological polar surface area (TPSA) is 97.8 Å². The predicted molar refractivity (Wildman–Crippen MR) is 108 cm³/mol. The van der Waals surface area contributed by atoms with E-state index in [0.29, 0.717) is 35.7 Å². The lowest BCUT2D eigenvalue weighted by Crippen LogP contribution is -2.36. The molecule has 1 aromatic heterocycles. The summed E-state index contributed by atoms with van der Waals surface area (Å²) < 4.78 is 39.2. The second kappa shape index (κ2) is 8.89. The molecular weight excluding hydrogens is 394 g/mol. The summed E-state index contributed by atoms with van der Waals surface area (Å²) in [6.45, 7) is 4.10. The normalized spacial score (nSPS) is 14.8. The summed E-state index contributed by atoms with van der Waals surface area (Å²) in [6.07, 6.45) is 2.19. The van der Waals surface area contributed by atoms with Crippen molar-refractivity contribution in [2.75, 3.05) is 32.2 Å². The van der Waals surface area contributed by atoms with Gasteiger partial charge in [-0.2, -0.15) is 4.31 Å². The third-order valence-electron chi connectivity index (χ3n) is 4.77. The fraction of sp³-hybridized carbons (Fsp3) is 0.400. The number of carbonyl (C=O) groups is 1. The number of hydrogen-bond acceptors (Lipinski definition) is 6. The molecule has 1 atom stereocenters. The molecule has 9 heteroatoms. The molecule has 0 bridgehead atoms. The molecule has 156 valence electrons. The van der Waals surface area contributed by atoms with Gasteiger partial charge < -0.3 is 14.8 Å². The molecular formula is C20H25N3O5S. The smallest absolute Gasteiger partial charge is 0.262 e. The summed E-state index contributed by atoms with van der Waals surface area (Å²) in [5, 5.41) is 2.70. The van der Waals surface area contributed by atoms with E-state index in [1.807, 2.05) is 19.1 Å². The van der Waals surface area contributed by atoms with Crippen LogP contribution < -0.4 is 10.1 Å². The molecule has 0 saturated heterocycles. The number of benzene rings is 1. The molecule has 29 heavy (non-hydrogen) atoms. The summed E-state index contributed by atoms with van der Waals surface area (Å²) in [6, 6.07) is 8.07. The summed E-state index contributed by atoms with van der Waals surface area (Å²) in [7, 11) is -2.28.